The zero-order valence-electron chi connectivity index (χ0n) is 30.8. The Morgan fingerprint density at radius 3 is 2.52 bits per heavy atom. The predicted octanol–water partition coefficient (Wildman–Crippen LogP) is 4.47. The molecule has 1 aromatic rings. The summed E-state index contributed by atoms with van der Waals surface area (Å²) in [6.45, 7) is 5.00. The Morgan fingerprint density at radius 2 is 1.81 bits per heavy atom. The first kappa shape index (κ1) is 39.5. The van der Waals surface area contributed by atoms with E-state index in [9.17, 15) is 29.1 Å². The van der Waals surface area contributed by atoms with Crippen molar-refractivity contribution in [2.45, 2.75) is 115 Å². The zero-order chi connectivity index (χ0) is 39.1. The smallest absolute Gasteiger partial charge is 0.407 e. The number of fused-ring (bicyclic) bond motifs is 7. The predicted molar refractivity (Wildman–Crippen MR) is 191 cm³/mol. The Morgan fingerprint density at radius 1 is 1.07 bits per heavy atom. The van der Waals surface area contributed by atoms with E-state index in [4.69, 9.17) is 19.9 Å². The van der Waals surface area contributed by atoms with Crippen molar-refractivity contribution < 1.29 is 52.1 Å². The number of aliphatic hydroxyl groups excluding tert-OH is 1. The fourth-order valence-electron chi connectivity index (χ4n) is 9.90. The molecule has 15 heteroatoms. The molecule has 294 valence electrons. The molecular formula is C39H50F2N4O9. The maximum Gasteiger partial charge on any atom is 0.407 e. The fourth-order valence-corrected chi connectivity index (χ4v) is 9.90. The van der Waals surface area contributed by atoms with Crippen LogP contribution in [0.5, 0.6) is 0 Å². The molecule has 3 saturated carbocycles. The normalized spacial score (nSPS) is 36.2. The zero-order valence-corrected chi connectivity index (χ0v) is 30.8. The molecule has 1 aromatic carbocycles. The highest BCUT2D eigenvalue weighted by Gasteiger charge is 2.80. The second kappa shape index (κ2) is 15.1. The summed E-state index contributed by atoms with van der Waals surface area (Å²) >= 11 is 0. The number of benzene rings is 1. The highest BCUT2D eigenvalue weighted by molar-refractivity contribution is 6.01. The Hall–Kier alpha value is -4.21. The number of unbranched alkanes of at least 4 members (excludes halogenated alkanes) is 1. The molecule has 6 N–H and O–H groups in total. The van der Waals surface area contributed by atoms with Crippen LogP contribution in [0.1, 0.15) is 77.7 Å². The molecule has 4 aliphatic carbocycles. The Kier molecular flexibility index (Phi) is 11.1. The van der Waals surface area contributed by atoms with Crippen molar-refractivity contribution in [2.75, 3.05) is 18.4 Å². The summed E-state index contributed by atoms with van der Waals surface area (Å²) in [5.41, 5.74) is -0.532. The van der Waals surface area contributed by atoms with Crippen molar-refractivity contribution in [1.82, 2.24) is 10.6 Å². The Balaban J connectivity index is 1.10. The first-order chi connectivity index (χ1) is 25.6. The van der Waals surface area contributed by atoms with Gasteiger partial charge in [0, 0.05) is 35.4 Å². The summed E-state index contributed by atoms with van der Waals surface area (Å²) < 4.78 is 51.8. The number of urea groups is 1. The molecule has 1 heterocycles. The van der Waals surface area contributed by atoms with Crippen LogP contribution in [-0.4, -0.2) is 83.7 Å². The van der Waals surface area contributed by atoms with E-state index in [2.05, 4.69) is 16.0 Å². The molecule has 10 atom stereocenters. The fraction of sp³-hybridized carbons (Fsp3) is 0.615. The third-order valence-corrected chi connectivity index (χ3v) is 12.5. The SMILES string of the molecule is CCCC1OC2CC3[C@@H]4C[C@H](F)C5=CC(=O)C=C[C@]5(C)[C@@]4(F)[C@@H](O)C[C@]3(C)[C@]2(C(=O)CNC(=O)OCc2ccc(NC(=O)CCCCNC(N)=O)cc2)O1. The van der Waals surface area contributed by atoms with Gasteiger partial charge in [-0.1, -0.05) is 38.5 Å². The third kappa shape index (κ3) is 6.72. The van der Waals surface area contributed by atoms with E-state index in [-0.39, 0.29) is 43.8 Å². The first-order valence-corrected chi connectivity index (χ1v) is 18.7. The molecule has 0 aromatic heterocycles. The van der Waals surface area contributed by atoms with Crippen molar-refractivity contribution in [1.29, 1.82) is 0 Å². The number of alkyl carbamates (subject to hydrolysis) is 1. The van der Waals surface area contributed by atoms with Gasteiger partial charge in [0.1, 0.15) is 12.8 Å². The third-order valence-electron chi connectivity index (χ3n) is 12.5. The molecule has 13 nitrogen and oxygen atoms in total. The number of allylic oxidation sites excluding steroid dienone is 4. The van der Waals surface area contributed by atoms with Gasteiger partial charge in [-0.05, 0) is 86.8 Å². The lowest BCUT2D eigenvalue weighted by molar-refractivity contribution is -0.233. The minimum Gasteiger partial charge on any atom is -0.445 e. The standard InChI is InChI=1S/C39H50F2N4O9/c1-4-7-33-53-31-18-25-26-17-28(40)27-16-24(46)13-14-36(27,2)38(26,41)29(47)19-37(25,3)39(31,54-33)30(48)20-44-35(51)52-21-22-9-11-23(12-10-22)45-32(49)8-5-6-15-43-34(42)50/h9-14,16,25-26,28-29,31,33,47H,4-8,15,17-21H2,1-3H3,(H,44,51)(H,45,49)(H3,42,43,50)/t25?,26-,28-,29-,31?,33?,36-,37-,38-,39+/m0/s1. The highest BCUT2D eigenvalue weighted by atomic mass is 19.1. The first-order valence-electron chi connectivity index (χ1n) is 18.7. The number of primary amides is 1. The number of aliphatic hydroxyl groups is 1. The number of hydrogen-bond acceptors (Lipinski definition) is 9. The van der Waals surface area contributed by atoms with Crippen LogP contribution in [-0.2, 0) is 35.2 Å². The van der Waals surface area contributed by atoms with Gasteiger partial charge in [-0.15, -0.1) is 0 Å². The molecule has 0 spiro atoms. The number of alkyl halides is 2. The number of anilines is 1. The molecule has 0 radical (unpaired) electrons. The molecule has 1 aliphatic heterocycles. The average molecular weight is 757 g/mol. The van der Waals surface area contributed by atoms with Crippen LogP contribution >= 0.6 is 0 Å². The number of nitrogens with two attached hydrogens (primary N) is 1. The van der Waals surface area contributed by atoms with Gasteiger partial charge in [0.15, 0.2) is 29.1 Å². The van der Waals surface area contributed by atoms with Crippen LogP contribution in [0, 0.1) is 22.7 Å². The molecule has 3 unspecified atom stereocenters. The summed E-state index contributed by atoms with van der Waals surface area (Å²) in [6, 6.07) is 6.07. The minimum absolute atomic E-state index is 0.0148. The molecule has 4 fully saturated rings. The lowest BCUT2D eigenvalue weighted by Crippen LogP contribution is -2.71. The number of carbonyl (C=O) groups is 5. The Bertz CT molecular complexity index is 1720. The molecular weight excluding hydrogens is 706 g/mol. The van der Waals surface area contributed by atoms with E-state index < -0.39 is 88.8 Å². The van der Waals surface area contributed by atoms with Crippen molar-refractivity contribution in [3.05, 3.63) is 53.6 Å². The van der Waals surface area contributed by atoms with Crippen molar-refractivity contribution >= 4 is 35.3 Å². The van der Waals surface area contributed by atoms with Crippen LogP contribution < -0.4 is 21.7 Å². The van der Waals surface area contributed by atoms with Crippen molar-refractivity contribution in [3.8, 4) is 0 Å². The number of rotatable bonds is 13. The number of carbonyl (C=O) groups excluding carboxylic acids is 5. The van der Waals surface area contributed by atoms with Gasteiger partial charge in [-0.2, -0.15) is 0 Å². The van der Waals surface area contributed by atoms with Gasteiger partial charge in [0.05, 0.1) is 18.8 Å². The second-order valence-corrected chi connectivity index (χ2v) is 15.6. The molecule has 5 aliphatic rings. The number of hydrogen-bond donors (Lipinski definition) is 5. The van der Waals surface area contributed by atoms with E-state index in [0.29, 0.717) is 43.5 Å². The van der Waals surface area contributed by atoms with E-state index in [1.54, 1.807) is 31.2 Å². The minimum atomic E-state index is -2.33. The van der Waals surface area contributed by atoms with Gasteiger partial charge in [-0.25, -0.2) is 18.4 Å². The van der Waals surface area contributed by atoms with Crippen LogP contribution in [0.3, 0.4) is 0 Å². The van der Waals surface area contributed by atoms with E-state index >= 15 is 8.78 Å². The lowest BCUT2D eigenvalue weighted by atomic mass is 9.44. The summed E-state index contributed by atoms with van der Waals surface area (Å²) in [5, 5.41) is 19.5. The largest absolute Gasteiger partial charge is 0.445 e. The molecule has 1 saturated heterocycles. The monoisotopic (exact) mass is 756 g/mol. The summed E-state index contributed by atoms with van der Waals surface area (Å²) in [6.07, 6.45) is 0.366. The van der Waals surface area contributed by atoms with Crippen LogP contribution in [0.4, 0.5) is 24.1 Å². The van der Waals surface area contributed by atoms with Crippen LogP contribution in [0.25, 0.3) is 0 Å². The number of Topliss-reactive ketones (excluding diaryl/α,β-unsaturated/α-hetero) is 1. The number of nitrogens with one attached hydrogen (secondary N) is 3. The molecule has 4 amide bonds. The number of ether oxygens (including phenoxy) is 3. The molecule has 54 heavy (non-hydrogen) atoms. The lowest BCUT2D eigenvalue weighted by Gasteiger charge is -2.63. The second-order valence-electron chi connectivity index (χ2n) is 15.6. The molecule has 6 rings (SSSR count). The van der Waals surface area contributed by atoms with Crippen LogP contribution in [0.2, 0.25) is 0 Å². The topological polar surface area (TPSA) is 195 Å². The van der Waals surface area contributed by atoms with E-state index in [0.717, 1.165) is 6.08 Å². The number of ketones is 2. The summed E-state index contributed by atoms with van der Waals surface area (Å²) in [5.74, 6) is -2.80. The quantitative estimate of drug-likeness (QED) is 0.181. The van der Waals surface area contributed by atoms with Gasteiger partial charge in [0.25, 0.3) is 0 Å². The van der Waals surface area contributed by atoms with Gasteiger partial charge >= 0.3 is 12.1 Å². The van der Waals surface area contributed by atoms with Gasteiger partial charge < -0.3 is 41.0 Å². The molecule has 0 bridgehead atoms. The van der Waals surface area contributed by atoms with Crippen molar-refractivity contribution in [3.63, 3.8) is 0 Å². The maximum absolute atomic E-state index is 17.7. The number of amides is 4. The summed E-state index contributed by atoms with van der Waals surface area (Å²) in [4.78, 5) is 62.4. The maximum atomic E-state index is 17.7. The van der Waals surface area contributed by atoms with E-state index in [1.807, 2.05) is 6.92 Å². The average Bonchev–Trinajstić information content (AvgIpc) is 3.60. The number of halogens is 2. The van der Waals surface area contributed by atoms with Crippen LogP contribution in [0.15, 0.2) is 48.1 Å². The van der Waals surface area contributed by atoms with Crippen molar-refractivity contribution in [2.24, 2.45) is 28.4 Å². The Labute approximate surface area is 312 Å². The summed E-state index contributed by atoms with van der Waals surface area (Å²) in [7, 11) is 0. The van der Waals surface area contributed by atoms with Gasteiger partial charge in [-0.3, -0.25) is 14.4 Å². The highest BCUT2D eigenvalue weighted by Crippen LogP contribution is 2.72. The van der Waals surface area contributed by atoms with E-state index in [1.165, 1.54) is 19.1 Å². The van der Waals surface area contributed by atoms with Gasteiger partial charge in [0.2, 0.25) is 5.91 Å².